The monoisotopic (exact) mass is 497 g/mol. The summed E-state index contributed by atoms with van der Waals surface area (Å²) in [4.78, 5) is 16.1. The van der Waals surface area contributed by atoms with Crippen molar-refractivity contribution in [3.63, 3.8) is 0 Å². The molecule has 0 spiro atoms. The second-order valence-electron chi connectivity index (χ2n) is 8.67. The van der Waals surface area contributed by atoms with Gasteiger partial charge >= 0.3 is 6.18 Å². The highest BCUT2D eigenvalue weighted by molar-refractivity contribution is 5.83. The summed E-state index contributed by atoms with van der Waals surface area (Å²) in [5, 5.41) is 13.8. The van der Waals surface area contributed by atoms with E-state index in [1.807, 2.05) is 56.3 Å². The zero-order chi connectivity index (χ0) is 25.7. The SMILES string of the molecule is Cc1ccc(-c2cc(-c3ccc(OCCCCCC(F)(F)F)c(C)c3)[nH]c(=O)c2-c2nnn[nH]2)cc1. The fraction of sp³-hybridized carbons (Fsp3) is 0.308. The number of nitrogens with zero attached hydrogens (tertiary/aromatic N) is 3. The maximum Gasteiger partial charge on any atom is 0.389 e. The van der Waals surface area contributed by atoms with Crippen LogP contribution in [0.1, 0.15) is 36.8 Å². The number of nitrogens with one attached hydrogen (secondary N) is 2. The minimum Gasteiger partial charge on any atom is -0.493 e. The Balaban J connectivity index is 1.56. The summed E-state index contributed by atoms with van der Waals surface area (Å²) in [6.45, 7) is 4.21. The molecule has 0 saturated heterocycles. The van der Waals surface area contributed by atoms with Crippen LogP contribution in [0.15, 0.2) is 53.3 Å². The van der Waals surface area contributed by atoms with Crippen LogP contribution >= 0.6 is 0 Å². The minimum absolute atomic E-state index is 0.0988. The molecule has 0 bridgehead atoms. The molecular formula is C26H26F3N5O2. The number of hydrogen-bond donors (Lipinski definition) is 2. The van der Waals surface area contributed by atoms with Gasteiger partial charge in [-0.3, -0.25) is 4.79 Å². The van der Waals surface area contributed by atoms with Gasteiger partial charge in [0.05, 0.1) is 12.2 Å². The summed E-state index contributed by atoms with van der Waals surface area (Å²) >= 11 is 0. The van der Waals surface area contributed by atoms with E-state index in [2.05, 4.69) is 25.6 Å². The summed E-state index contributed by atoms with van der Waals surface area (Å²) in [7, 11) is 0. The normalized spacial score (nSPS) is 11.6. The van der Waals surface area contributed by atoms with Gasteiger partial charge < -0.3 is 9.72 Å². The number of pyridine rings is 1. The molecule has 188 valence electrons. The van der Waals surface area contributed by atoms with Gasteiger partial charge in [0.15, 0.2) is 5.82 Å². The van der Waals surface area contributed by atoms with Crippen LogP contribution in [0.3, 0.4) is 0 Å². The zero-order valence-electron chi connectivity index (χ0n) is 19.9. The van der Waals surface area contributed by atoms with Crippen LogP contribution in [-0.2, 0) is 0 Å². The Morgan fingerprint density at radius 3 is 2.36 bits per heavy atom. The maximum absolute atomic E-state index is 13.1. The van der Waals surface area contributed by atoms with Gasteiger partial charge in [-0.1, -0.05) is 29.8 Å². The van der Waals surface area contributed by atoms with E-state index in [9.17, 15) is 18.0 Å². The Hall–Kier alpha value is -3.95. The van der Waals surface area contributed by atoms with Crippen molar-refractivity contribution in [2.75, 3.05) is 6.61 Å². The average Bonchev–Trinajstić information content (AvgIpc) is 3.36. The quantitative estimate of drug-likeness (QED) is 0.276. The molecule has 36 heavy (non-hydrogen) atoms. The van der Waals surface area contributed by atoms with Crippen LogP contribution < -0.4 is 10.3 Å². The van der Waals surface area contributed by atoms with Gasteiger partial charge in [-0.05, 0) is 84.5 Å². The molecule has 0 amide bonds. The molecule has 0 aliphatic carbocycles. The third-order valence-electron chi connectivity index (χ3n) is 5.83. The molecule has 10 heteroatoms. The first-order chi connectivity index (χ1) is 17.2. The van der Waals surface area contributed by atoms with Gasteiger partial charge in [0.1, 0.15) is 5.75 Å². The molecule has 0 aliphatic rings. The molecule has 2 aromatic carbocycles. The fourth-order valence-corrected chi connectivity index (χ4v) is 3.94. The molecule has 0 aliphatic heterocycles. The lowest BCUT2D eigenvalue weighted by atomic mass is 9.97. The number of aryl methyl sites for hydroxylation is 2. The van der Waals surface area contributed by atoms with Crippen molar-refractivity contribution in [3.8, 4) is 39.5 Å². The largest absolute Gasteiger partial charge is 0.493 e. The Morgan fingerprint density at radius 2 is 1.69 bits per heavy atom. The first-order valence-corrected chi connectivity index (χ1v) is 11.6. The van der Waals surface area contributed by atoms with Crippen LogP contribution in [0.25, 0.3) is 33.8 Å². The van der Waals surface area contributed by atoms with E-state index < -0.39 is 12.6 Å². The molecule has 0 saturated carbocycles. The number of hydrogen-bond acceptors (Lipinski definition) is 5. The summed E-state index contributed by atoms with van der Waals surface area (Å²) in [5.74, 6) is 0.925. The van der Waals surface area contributed by atoms with Crippen molar-refractivity contribution in [1.82, 2.24) is 25.6 Å². The maximum atomic E-state index is 13.1. The number of aromatic nitrogens is 5. The molecule has 4 rings (SSSR count). The van der Waals surface area contributed by atoms with Gasteiger partial charge in [-0.25, -0.2) is 5.10 Å². The topological polar surface area (TPSA) is 96.6 Å². The van der Waals surface area contributed by atoms with E-state index in [0.717, 1.165) is 22.3 Å². The predicted octanol–water partition coefficient (Wildman–Crippen LogP) is 6.01. The van der Waals surface area contributed by atoms with Gasteiger partial charge in [-0.2, -0.15) is 13.2 Å². The average molecular weight is 498 g/mol. The summed E-state index contributed by atoms with van der Waals surface area (Å²) < 4.78 is 42.5. The molecule has 7 nitrogen and oxygen atoms in total. The molecule has 0 unspecified atom stereocenters. The van der Waals surface area contributed by atoms with Crippen molar-refractivity contribution in [2.45, 2.75) is 45.7 Å². The third-order valence-corrected chi connectivity index (χ3v) is 5.83. The number of benzene rings is 2. The van der Waals surface area contributed by atoms with Crippen molar-refractivity contribution < 1.29 is 17.9 Å². The van der Waals surface area contributed by atoms with E-state index in [1.165, 1.54) is 0 Å². The molecular weight excluding hydrogens is 471 g/mol. The zero-order valence-corrected chi connectivity index (χ0v) is 19.9. The van der Waals surface area contributed by atoms with Gasteiger partial charge in [0, 0.05) is 17.7 Å². The van der Waals surface area contributed by atoms with Crippen LogP contribution in [0.4, 0.5) is 13.2 Å². The Kier molecular flexibility index (Phi) is 7.52. The fourth-order valence-electron chi connectivity index (χ4n) is 3.94. The highest BCUT2D eigenvalue weighted by Crippen LogP contribution is 2.32. The van der Waals surface area contributed by atoms with E-state index in [4.69, 9.17) is 4.74 Å². The number of H-pyrrole nitrogens is 2. The lowest BCUT2D eigenvalue weighted by molar-refractivity contribution is -0.135. The number of halogens is 3. The third kappa shape index (κ3) is 6.18. The summed E-state index contributed by atoms with van der Waals surface area (Å²) in [5.41, 5.74) is 4.90. The number of aromatic amines is 2. The molecule has 0 atom stereocenters. The molecule has 4 aromatic rings. The van der Waals surface area contributed by atoms with Crippen molar-refractivity contribution >= 4 is 0 Å². The van der Waals surface area contributed by atoms with Crippen molar-refractivity contribution in [1.29, 1.82) is 0 Å². The van der Waals surface area contributed by atoms with Crippen molar-refractivity contribution in [3.05, 3.63) is 70.0 Å². The van der Waals surface area contributed by atoms with Crippen LogP contribution in [-0.4, -0.2) is 38.4 Å². The number of rotatable bonds is 9. The van der Waals surface area contributed by atoms with Crippen LogP contribution in [0.2, 0.25) is 0 Å². The minimum atomic E-state index is -4.11. The van der Waals surface area contributed by atoms with E-state index in [0.29, 0.717) is 42.0 Å². The standard InChI is InChI=1S/C26H26F3N5O2/c1-16-6-8-18(9-7-16)20-15-21(30-25(35)23(20)24-31-33-34-32-24)19-10-11-22(17(2)14-19)36-13-5-3-4-12-26(27,28)29/h6-11,14-15H,3-5,12-13H2,1-2H3,(H,30,35)(H,31,32,33,34). The summed E-state index contributed by atoms with van der Waals surface area (Å²) in [6, 6.07) is 15.3. The Labute approximate surface area is 205 Å². The molecule has 2 heterocycles. The van der Waals surface area contributed by atoms with Crippen LogP contribution in [0.5, 0.6) is 5.75 Å². The molecule has 0 fully saturated rings. The van der Waals surface area contributed by atoms with Crippen molar-refractivity contribution in [2.24, 2.45) is 0 Å². The number of ether oxygens (including phenoxy) is 1. The van der Waals surface area contributed by atoms with E-state index >= 15 is 0 Å². The Morgan fingerprint density at radius 1 is 0.944 bits per heavy atom. The van der Waals surface area contributed by atoms with E-state index in [-0.39, 0.29) is 17.8 Å². The van der Waals surface area contributed by atoms with Crippen LogP contribution in [0, 0.1) is 13.8 Å². The van der Waals surface area contributed by atoms with Gasteiger partial charge in [0.2, 0.25) is 0 Å². The highest BCUT2D eigenvalue weighted by Gasteiger charge is 2.25. The first-order valence-electron chi connectivity index (χ1n) is 11.6. The predicted molar refractivity (Wildman–Crippen MR) is 131 cm³/mol. The summed E-state index contributed by atoms with van der Waals surface area (Å²) in [6.07, 6.45) is -3.79. The Bertz CT molecular complexity index is 1360. The molecule has 0 radical (unpaired) electrons. The second kappa shape index (κ2) is 10.8. The highest BCUT2D eigenvalue weighted by atomic mass is 19.4. The first kappa shape index (κ1) is 25.2. The van der Waals surface area contributed by atoms with Gasteiger partial charge in [-0.15, -0.1) is 5.10 Å². The smallest absolute Gasteiger partial charge is 0.389 e. The van der Waals surface area contributed by atoms with E-state index in [1.54, 1.807) is 6.07 Å². The lowest BCUT2D eigenvalue weighted by Gasteiger charge is -2.13. The molecule has 2 aromatic heterocycles. The lowest BCUT2D eigenvalue weighted by Crippen LogP contribution is -2.13. The van der Waals surface area contributed by atoms with Gasteiger partial charge in [0.25, 0.3) is 5.56 Å². The molecule has 2 N–H and O–H groups in total. The number of tetrazole rings is 1. The number of alkyl halides is 3. The number of unbranched alkanes of at least 4 members (excludes halogenated alkanes) is 2. The second-order valence-corrected chi connectivity index (χ2v) is 8.67.